The molecule has 1 aromatic rings. The molecule has 1 aliphatic carbocycles. The predicted octanol–water partition coefficient (Wildman–Crippen LogP) is 2.15. The minimum absolute atomic E-state index is 0.360. The van der Waals surface area contributed by atoms with Crippen molar-refractivity contribution in [2.24, 2.45) is 0 Å². The van der Waals surface area contributed by atoms with Gasteiger partial charge in [0.05, 0.1) is 0 Å². The van der Waals surface area contributed by atoms with Gasteiger partial charge >= 0.3 is 0 Å². The second-order valence-corrected chi connectivity index (χ2v) is 2.73. The summed E-state index contributed by atoms with van der Waals surface area (Å²) in [6, 6.07) is 5.46. The Morgan fingerprint density at radius 2 is 2.27 bits per heavy atom. The zero-order valence-corrected chi connectivity index (χ0v) is 6.17. The van der Waals surface area contributed by atoms with Gasteiger partial charge in [0, 0.05) is 0 Å². The average molecular weight is 145 g/mol. The van der Waals surface area contributed by atoms with Crippen LogP contribution in [0, 0.1) is 6.08 Å². The Hall–Kier alpha value is -1.24. The van der Waals surface area contributed by atoms with Crippen molar-refractivity contribution < 1.29 is 5.11 Å². The van der Waals surface area contributed by atoms with Crippen LogP contribution in [0.25, 0.3) is 6.08 Å². The monoisotopic (exact) mass is 145 g/mol. The molecular formula is C10H9O. The zero-order chi connectivity index (χ0) is 7.68. The Labute approximate surface area is 66.0 Å². The number of allylic oxidation sites excluding steroid dienone is 1. The van der Waals surface area contributed by atoms with Crippen molar-refractivity contribution in [1.82, 2.24) is 0 Å². The van der Waals surface area contributed by atoms with Crippen LogP contribution in [0.1, 0.15) is 17.5 Å². The van der Waals surface area contributed by atoms with E-state index in [-0.39, 0.29) is 0 Å². The molecule has 0 aliphatic heterocycles. The van der Waals surface area contributed by atoms with Gasteiger partial charge in [0.25, 0.3) is 0 Å². The highest BCUT2D eigenvalue weighted by molar-refractivity contribution is 5.56. The van der Waals surface area contributed by atoms with Crippen LogP contribution in [0.3, 0.4) is 0 Å². The summed E-state index contributed by atoms with van der Waals surface area (Å²) in [7, 11) is 0. The highest BCUT2D eigenvalue weighted by atomic mass is 16.3. The maximum atomic E-state index is 9.15. The number of benzene rings is 1. The first kappa shape index (κ1) is 6.47. The second-order valence-electron chi connectivity index (χ2n) is 2.73. The molecule has 11 heavy (non-hydrogen) atoms. The molecule has 1 radical (unpaired) electrons. The van der Waals surface area contributed by atoms with Gasteiger partial charge in [-0.15, -0.1) is 0 Å². The minimum atomic E-state index is 0.360. The Morgan fingerprint density at radius 3 is 3.18 bits per heavy atom. The molecule has 0 amide bonds. The van der Waals surface area contributed by atoms with Crippen LogP contribution in [0.4, 0.5) is 0 Å². The molecule has 1 heteroatoms. The third-order valence-electron chi connectivity index (χ3n) is 1.92. The summed E-state index contributed by atoms with van der Waals surface area (Å²) in [4.78, 5) is 0. The summed E-state index contributed by atoms with van der Waals surface area (Å²) in [6.45, 7) is 0. The van der Waals surface area contributed by atoms with E-state index >= 15 is 0 Å². The molecule has 1 aromatic carbocycles. The van der Waals surface area contributed by atoms with Crippen LogP contribution >= 0.6 is 0 Å². The molecule has 0 atom stereocenters. The van der Waals surface area contributed by atoms with Crippen LogP contribution in [-0.4, -0.2) is 5.11 Å². The van der Waals surface area contributed by atoms with Crippen LogP contribution in [-0.2, 0) is 6.42 Å². The van der Waals surface area contributed by atoms with Crippen molar-refractivity contribution in [3.8, 4) is 5.75 Å². The van der Waals surface area contributed by atoms with E-state index < -0.39 is 0 Å². The summed E-state index contributed by atoms with van der Waals surface area (Å²) < 4.78 is 0. The van der Waals surface area contributed by atoms with Crippen molar-refractivity contribution in [1.29, 1.82) is 0 Å². The van der Waals surface area contributed by atoms with Gasteiger partial charge in [0.15, 0.2) is 0 Å². The Balaban J connectivity index is 2.53. The molecule has 0 spiro atoms. The summed E-state index contributed by atoms with van der Waals surface area (Å²) in [5, 5.41) is 9.15. The molecule has 0 bridgehead atoms. The van der Waals surface area contributed by atoms with Gasteiger partial charge in [-0.1, -0.05) is 12.1 Å². The van der Waals surface area contributed by atoms with Crippen molar-refractivity contribution in [3.05, 3.63) is 35.4 Å². The fourth-order valence-electron chi connectivity index (χ4n) is 1.34. The normalized spacial score (nSPS) is 14.5. The van der Waals surface area contributed by atoms with Gasteiger partial charge in [-0.25, -0.2) is 0 Å². The fraction of sp³-hybridized carbons (Fsp3) is 0.200. The fourth-order valence-corrected chi connectivity index (χ4v) is 1.34. The number of aryl methyl sites for hydroxylation is 1. The highest BCUT2D eigenvalue weighted by Gasteiger charge is 2.03. The molecule has 0 aromatic heterocycles. The average Bonchev–Trinajstić information content (AvgIpc) is 2.04. The van der Waals surface area contributed by atoms with E-state index in [0.717, 1.165) is 12.8 Å². The summed E-state index contributed by atoms with van der Waals surface area (Å²) >= 11 is 0. The van der Waals surface area contributed by atoms with Gasteiger partial charge in [0.2, 0.25) is 0 Å². The van der Waals surface area contributed by atoms with E-state index in [0.29, 0.717) is 5.75 Å². The third-order valence-corrected chi connectivity index (χ3v) is 1.92. The molecule has 2 rings (SSSR count). The van der Waals surface area contributed by atoms with Gasteiger partial charge in [-0.05, 0) is 42.2 Å². The van der Waals surface area contributed by atoms with E-state index in [1.54, 1.807) is 6.07 Å². The molecule has 1 N–H and O–H groups in total. The molecule has 1 nitrogen and oxygen atoms in total. The summed E-state index contributed by atoms with van der Waals surface area (Å²) in [5.41, 5.74) is 2.41. The first-order valence-electron chi connectivity index (χ1n) is 3.75. The van der Waals surface area contributed by atoms with E-state index in [1.165, 1.54) is 11.1 Å². The van der Waals surface area contributed by atoms with Crippen molar-refractivity contribution >= 4 is 6.08 Å². The largest absolute Gasteiger partial charge is 0.508 e. The van der Waals surface area contributed by atoms with E-state index in [1.807, 2.05) is 18.2 Å². The first-order valence-corrected chi connectivity index (χ1v) is 3.75. The predicted molar refractivity (Wildman–Crippen MR) is 44.1 cm³/mol. The number of phenolic OH excluding ortho intramolecular Hbond substituents is 1. The molecular weight excluding hydrogens is 136 g/mol. The van der Waals surface area contributed by atoms with Gasteiger partial charge in [-0.3, -0.25) is 0 Å². The maximum Gasteiger partial charge on any atom is 0.115 e. The molecule has 1 aliphatic rings. The SMILES string of the molecule is Oc1ccc2c(c1)CC[C]=C2. The molecule has 0 heterocycles. The molecule has 0 saturated carbocycles. The van der Waals surface area contributed by atoms with E-state index in [4.69, 9.17) is 5.11 Å². The smallest absolute Gasteiger partial charge is 0.115 e. The highest BCUT2D eigenvalue weighted by Crippen LogP contribution is 2.22. The van der Waals surface area contributed by atoms with Crippen molar-refractivity contribution in [2.45, 2.75) is 12.8 Å². The summed E-state index contributed by atoms with van der Waals surface area (Å²) in [6.07, 6.45) is 7.11. The van der Waals surface area contributed by atoms with Crippen LogP contribution in [0.15, 0.2) is 18.2 Å². The number of aromatic hydroxyl groups is 1. The lowest BCUT2D eigenvalue weighted by Gasteiger charge is -2.08. The Bertz CT molecular complexity index is 300. The number of phenols is 1. The number of hydrogen-bond acceptors (Lipinski definition) is 1. The van der Waals surface area contributed by atoms with Gasteiger partial charge in [-0.2, -0.15) is 0 Å². The first-order chi connectivity index (χ1) is 5.36. The van der Waals surface area contributed by atoms with Crippen LogP contribution < -0.4 is 0 Å². The standard InChI is InChI=1S/C10H9O/c11-10-6-5-8-3-1-2-4-9(8)7-10/h3,5-7,11H,2,4H2. The second kappa shape index (κ2) is 2.42. The maximum absolute atomic E-state index is 9.15. The zero-order valence-electron chi connectivity index (χ0n) is 6.17. The molecule has 0 unspecified atom stereocenters. The minimum Gasteiger partial charge on any atom is -0.508 e. The van der Waals surface area contributed by atoms with E-state index in [9.17, 15) is 0 Å². The lowest BCUT2D eigenvalue weighted by Crippen LogP contribution is -1.92. The molecule has 0 saturated heterocycles. The summed E-state index contributed by atoms with van der Waals surface area (Å²) in [5.74, 6) is 0.360. The Kier molecular flexibility index (Phi) is 1.42. The number of hydrogen-bond donors (Lipinski definition) is 1. The van der Waals surface area contributed by atoms with Crippen molar-refractivity contribution in [3.63, 3.8) is 0 Å². The van der Waals surface area contributed by atoms with Crippen LogP contribution in [0.5, 0.6) is 5.75 Å². The third kappa shape index (κ3) is 1.14. The number of fused-ring (bicyclic) bond motifs is 1. The topological polar surface area (TPSA) is 20.2 Å². The Morgan fingerprint density at radius 1 is 1.36 bits per heavy atom. The number of rotatable bonds is 0. The van der Waals surface area contributed by atoms with Gasteiger partial charge in [0.1, 0.15) is 5.75 Å². The van der Waals surface area contributed by atoms with Crippen LogP contribution in [0.2, 0.25) is 0 Å². The van der Waals surface area contributed by atoms with Crippen molar-refractivity contribution in [2.75, 3.05) is 0 Å². The molecule has 0 fully saturated rings. The quantitative estimate of drug-likeness (QED) is 0.593. The van der Waals surface area contributed by atoms with E-state index in [2.05, 4.69) is 6.08 Å². The lowest BCUT2D eigenvalue weighted by molar-refractivity contribution is 0.474. The lowest BCUT2D eigenvalue weighted by atomic mass is 9.97. The molecule has 55 valence electrons. The van der Waals surface area contributed by atoms with Gasteiger partial charge < -0.3 is 5.11 Å².